The molecule has 0 aromatic heterocycles. The van der Waals surface area contributed by atoms with Gasteiger partial charge in [0, 0.05) is 19.6 Å². The molecule has 3 fully saturated rings. The Morgan fingerprint density at radius 2 is 0.774 bits per heavy atom. The van der Waals surface area contributed by atoms with Gasteiger partial charge in [-0.1, -0.05) is 78.6 Å². The van der Waals surface area contributed by atoms with Crippen molar-refractivity contribution >= 4 is 52.1 Å². The van der Waals surface area contributed by atoms with Crippen molar-refractivity contribution < 1.29 is 34.0 Å². The average Bonchev–Trinajstić information content (AvgIpc) is 2.44. The average molecular weight is 556 g/mol. The van der Waals surface area contributed by atoms with E-state index in [2.05, 4.69) is 94.8 Å². The first-order chi connectivity index (χ1) is 12.7. The molecule has 2 bridgehead atoms. The van der Waals surface area contributed by atoms with Crippen LogP contribution < -0.4 is 29.4 Å². The zero-order valence-electron chi connectivity index (χ0n) is 23.1. The summed E-state index contributed by atoms with van der Waals surface area (Å²) in [7, 11) is -3.42. The van der Waals surface area contributed by atoms with Crippen molar-refractivity contribution in [3.05, 3.63) is 16.5 Å². The van der Waals surface area contributed by atoms with Gasteiger partial charge in [0.2, 0.25) is 0 Å². The van der Waals surface area contributed by atoms with Gasteiger partial charge in [-0.2, -0.15) is 0 Å². The van der Waals surface area contributed by atoms with Gasteiger partial charge in [-0.15, -0.1) is 32.3 Å². The van der Waals surface area contributed by atoms with Gasteiger partial charge in [-0.25, -0.2) is 0 Å². The molecule has 0 spiro atoms. The van der Waals surface area contributed by atoms with Crippen molar-refractivity contribution in [1.82, 2.24) is 4.90 Å². The fourth-order valence-corrected chi connectivity index (χ4v) is 25.0. The van der Waals surface area contributed by atoms with Gasteiger partial charge in [0.25, 0.3) is 0 Å². The van der Waals surface area contributed by atoms with E-state index in [9.17, 15) is 5.21 Å². The normalized spacial score (nSPS) is 22.7. The number of hydroxylamine groups is 3. The number of hydrogen-bond donors (Lipinski definition) is 0. The zero-order chi connectivity index (χ0) is 23.7. The molecule has 0 amide bonds. The Morgan fingerprint density at radius 3 is 0.839 bits per heavy atom. The first-order valence-electron chi connectivity index (χ1n) is 10.9. The minimum atomic E-state index is -0.856. The second-order valence-corrected chi connectivity index (χ2v) is 34.1. The minimum absolute atomic E-state index is 0. The summed E-state index contributed by atoms with van der Waals surface area (Å²) in [5.41, 5.74) is 5.31. The van der Waals surface area contributed by atoms with E-state index in [-0.39, 0.29) is 43.3 Å². The predicted octanol–water partition coefficient (Wildman–Crippen LogP) is -0.234. The molecular formula is C20H50GaLiN2O3Si4. The molecule has 0 atom stereocenters. The van der Waals surface area contributed by atoms with Crippen molar-refractivity contribution in [2.45, 2.75) is 78.6 Å². The Hall–Kier alpha value is 1.90. The first kappa shape index (κ1) is 40.1. The molecule has 3 aliphatic rings. The molecular weight excluding hydrogens is 505 g/mol. The van der Waals surface area contributed by atoms with E-state index in [0.29, 0.717) is 0 Å². The van der Waals surface area contributed by atoms with Crippen LogP contribution in [0.5, 0.6) is 0 Å². The van der Waals surface area contributed by atoms with Crippen LogP contribution in [0, 0.1) is 16.5 Å². The summed E-state index contributed by atoms with van der Waals surface area (Å²) in [6, 6.07) is 0. The monoisotopic (exact) mass is 554 g/mol. The van der Waals surface area contributed by atoms with Gasteiger partial charge in [0.1, 0.15) is 0 Å². The Kier molecular flexibility index (Phi) is 21.4. The van der Waals surface area contributed by atoms with Gasteiger partial charge in [0.05, 0.1) is 19.6 Å². The van der Waals surface area contributed by atoms with E-state index >= 15 is 0 Å². The van der Waals surface area contributed by atoms with Crippen molar-refractivity contribution in [3.63, 3.8) is 0 Å². The van der Waals surface area contributed by atoms with Crippen molar-refractivity contribution in [2.24, 2.45) is 0 Å². The molecule has 0 radical (unpaired) electrons. The van der Waals surface area contributed by atoms with E-state index in [1.165, 1.54) is 0 Å². The molecule has 0 N–H and O–H groups in total. The Balaban J connectivity index is -0.000000164. The molecule has 31 heavy (non-hydrogen) atoms. The fraction of sp³-hybridized carbons (Fsp3) is 0.900. The summed E-state index contributed by atoms with van der Waals surface area (Å²) in [6.45, 7) is 34.5. The zero-order valence-corrected chi connectivity index (χ0v) is 29.5. The Labute approximate surface area is 224 Å². The van der Waals surface area contributed by atoms with Gasteiger partial charge in [-0.3, -0.25) is 4.90 Å². The largest absolute Gasteiger partial charge is 3.00 e. The van der Waals surface area contributed by atoms with Gasteiger partial charge in [0.15, 0.2) is 0 Å². The second-order valence-electron chi connectivity index (χ2n) is 12.8. The minimum Gasteiger partial charge on any atom is -1.00 e. The van der Waals surface area contributed by atoms with Crippen LogP contribution in [0.3, 0.4) is 0 Å². The Bertz CT molecular complexity index is 380. The van der Waals surface area contributed by atoms with E-state index in [1.54, 1.807) is 0 Å². The molecule has 178 valence electrons. The van der Waals surface area contributed by atoms with Crippen molar-refractivity contribution in [3.8, 4) is 0 Å². The summed E-state index contributed by atoms with van der Waals surface area (Å²) in [6.07, 6.45) is 0. The maximum atomic E-state index is 11.4. The van der Waals surface area contributed by atoms with Crippen LogP contribution in [0.4, 0.5) is 0 Å². The van der Waals surface area contributed by atoms with Crippen LogP contribution in [0.2, 0.25) is 78.6 Å². The molecule has 3 rings (SSSR count). The van der Waals surface area contributed by atoms with Crippen LogP contribution in [0.15, 0.2) is 0 Å². The molecule has 11 heteroatoms. The maximum Gasteiger partial charge on any atom is 3.00 e. The van der Waals surface area contributed by atoms with E-state index < -0.39 is 32.3 Å². The molecule has 0 unspecified atom stereocenters. The molecule has 0 aromatic rings. The van der Waals surface area contributed by atoms with E-state index in [0.717, 1.165) is 39.3 Å². The fourth-order valence-electron chi connectivity index (χ4n) is 4.24. The SMILES string of the molecule is C[Si](C)(C)[CH-][Si](C)(C)C.C[Si](C)(C)[CH-][Si](C)(C)C.[Ga+3].[Li+].[O-][N+]12CCN(CC1)CC2.[O-][O-]. The number of rotatable bonds is 4. The quantitative estimate of drug-likeness (QED) is 0.120. The maximum absolute atomic E-state index is 11.4. The molecule has 3 heterocycles. The standard InChI is InChI=1S/2C7H19Si2.C6H12N2O.Ga.Li.O2/c2*1-8(2,3)7-9(4,5)6;9-8-4-1-7(2-5-8)3-6-8;;;1-2/h2*7H,1-6H3;1-6H2;;;/q2*-1;;+3;+1;-2. The van der Waals surface area contributed by atoms with Crippen LogP contribution in [-0.2, 0) is 0 Å². The Morgan fingerprint density at radius 1 is 0.581 bits per heavy atom. The molecule has 0 aliphatic carbocycles. The van der Waals surface area contributed by atoms with Crippen molar-refractivity contribution in [2.75, 3.05) is 39.3 Å². The van der Waals surface area contributed by atoms with E-state index in [4.69, 9.17) is 10.5 Å². The smallest absolute Gasteiger partial charge is 1.00 e. The number of quaternary nitrogens is 1. The number of fused-ring (bicyclic) bond motifs is 3. The molecule has 0 aromatic carbocycles. The number of hydrogen-bond acceptors (Lipinski definition) is 4. The summed E-state index contributed by atoms with van der Waals surface area (Å²) in [5, 5.41) is 25.4. The molecule has 5 nitrogen and oxygen atoms in total. The predicted molar refractivity (Wildman–Crippen MR) is 142 cm³/mol. The second kappa shape index (κ2) is 16.6. The van der Waals surface area contributed by atoms with Gasteiger partial charge >= 0.3 is 38.7 Å². The number of piperazine rings is 3. The number of nitrogens with zero attached hydrogens (tertiary/aromatic N) is 2. The first-order valence-corrected chi connectivity index (χ1v) is 25.2. The summed E-state index contributed by atoms with van der Waals surface area (Å²) in [4.78, 5) is 2.37. The topological polar surface area (TPSA) is 72.4 Å². The van der Waals surface area contributed by atoms with Crippen molar-refractivity contribution in [1.29, 1.82) is 0 Å². The van der Waals surface area contributed by atoms with Crippen LogP contribution in [0.1, 0.15) is 0 Å². The van der Waals surface area contributed by atoms with Gasteiger partial charge < -0.3 is 31.7 Å². The van der Waals surface area contributed by atoms with Crippen LogP contribution >= 0.6 is 0 Å². The van der Waals surface area contributed by atoms with Crippen LogP contribution in [0.25, 0.3) is 0 Å². The third-order valence-corrected chi connectivity index (χ3v) is 18.1. The van der Waals surface area contributed by atoms with Crippen LogP contribution in [-0.4, -0.2) is 101 Å². The molecule has 3 saturated heterocycles. The molecule has 0 saturated carbocycles. The third kappa shape index (κ3) is 28.0. The third-order valence-electron chi connectivity index (χ3n) is 4.20. The summed E-state index contributed by atoms with van der Waals surface area (Å²) in [5.74, 6) is 0. The van der Waals surface area contributed by atoms with E-state index in [1.807, 2.05) is 0 Å². The molecule has 3 aliphatic heterocycles. The summed E-state index contributed by atoms with van der Waals surface area (Å²) >= 11 is 0. The summed E-state index contributed by atoms with van der Waals surface area (Å²) < 4.78 is 0.0938. The van der Waals surface area contributed by atoms with Gasteiger partial charge in [-0.05, 0) is 0 Å².